The molecule has 1 aliphatic rings. The molecule has 0 spiro atoms. The summed E-state index contributed by atoms with van der Waals surface area (Å²) in [5.41, 5.74) is 0.448. The second-order valence-corrected chi connectivity index (χ2v) is 5.51. The molecule has 112 valence electrons. The zero-order valence-electron chi connectivity index (χ0n) is 12.7. The molecule has 1 aromatic carbocycles. The van der Waals surface area contributed by atoms with Crippen molar-refractivity contribution in [3.05, 3.63) is 29.8 Å². The molecule has 21 heavy (non-hydrogen) atoms. The summed E-state index contributed by atoms with van der Waals surface area (Å²) in [7, 11) is 2.06. The predicted molar refractivity (Wildman–Crippen MR) is 79.9 cm³/mol. The van der Waals surface area contributed by atoms with Crippen molar-refractivity contribution in [1.82, 2.24) is 9.80 Å². The van der Waals surface area contributed by atoms with E-state index in [9.17, 15) is 4.79 Å². The van der Waals surface area contributed by atoms with Crippen molar-refractivity contribution >= 4 is 5.91 Å². The lowest BCUT2D eigenvalue weighted by Crippen LogP contribution is -2.55. The minimum atomic E-state index is -0.592. The van der Waals surface area contributed by atoms with Crippen molar-refractivity contribution in [3.63, 3.8) is 0 Å². The molecular formula is C16H21N3O2. The van der Waals surface area contributed by atoms with Crippen LogP contribution in [0.15, 0.2) is 24.3 Å². The highest BCUT2D eigenvalue weighted by Crippen LogP contribution is 2.19. The summed E-state index contributed by atoms with van der Waals surface area (Å²) in [4.78, 5) is 16.6. The van der Waals surface area contributed by atoms with Gasteiger partial charge in [-0.05, 0) is 33.0 Å². The Morgan fingerprint density at radius 3 is 2.81 bits per heavy atom. The Labute approximate surface area is 125 Å². The van der Waals surface area contributed by atoms with Crippen LogP contribution in [0.4, 0.5) is 0 Å². The lowest BCUT2D eigenvalue weighted by Gasteiger charge is -2.39. The maximum Gasteiger partial charge on any atom is 0.263 e. The van der Waals surface area contributed by atoms with Crippen molar-refractivity contribution in [3.8, 4) is 11.8 Å². The van der Waals surface area contributed by atoms with Crippen LogP contribution in [0.2, 0.25) is 0 Å². The topological polar surface area (TPSA) is 56.6 Å². The van der Waals surface area contributed by atoms with Crippen molar-refractivity contribution < 1.29 is 9.53 Å². The summed E-state index contributed by atoms with van der Waals surface area (Å²) >= 11 is 0. The van der Waals surface area contributed by atoms with Crippen molar-refractivity contribution in [2.45, 2.75) is 26.0 Å². The van der Waals surface area contributed by atoms with Crippen molar-refractivity contribution in [1.29, 1.82) is 5.26 Å². The summed E-state index contributed by atoms with van der Waals surface area (Å²) in [6, 6.07) is 9.23. The third-order valence-electron chi connectivity index (χ3n) is 3.77. The van der Waals surface area contributed by atoms with Gasteiger partial charge in [-0.2, -0.15) is 5.26 Å². The Bertz CT molecular complexity index is 553. The van der Waals surface area contributed by atoms with Gasteiger partial charge < -0.3 is 14.5 Å². The van der Waals surface area contributed by atoms with Gasteiger partial charge in [0.25, 0.3) is 5.91 Å². The molecule has 0 aliphatic carbocycles. The van der Waals surface area contributed by atoms with Crippen molar-refractivity contribution in [2.75, 3.05) is 26.7 Å². The van der Waals surface area contributed by atoms with Gasteiger partial charge in [-0.15, -0.1) is 0 Å². The van der Waals surface area contributed by atoms with E-state index < -0.39 is 6.10 Å². The number of ether oxygens (including phenoxy) is 1. The zero-order valence-corrected chi connectivity index (χ0v) is 12.7. The lowest BCUT2D eigenvalue weighted by molar-refractivity contribution is -0.142. The van der Waals surface area contributed by atoms with Gasteiger partial charge in [0.2, 0.25) is 0 Å². The number of hydrogen-bond donors (Lipinski definition) is 0. The van der Waals surface area contributed by atoms with Crippen LogP contribution < -0.4 is 4.74 Å². The van der Waals surface area contributed by atoms with Crippen molar-refractivity contribution in [2.24, 2.45) is 0 Å². The van der Waals surface area contributed by atoms with Crippen LogP contribution >= 0.6 is 0 Å². The summed E-state index contributed by atoms with van der Waals surface area (Å²) in [6.07, 6.45) is -0.592. The maximum absolute atomic E-state index is 12.5. The van der Waals surface area contributed by atoms with Crippen LogP contribution in [-0.2, 0) is 4.79 Å². The fourth-order valence-corrected chi connectivity index (χ4v) is 2.60. The molecular weight excluding hydrogens is 266 g/mol. The Balaban J connectivity index is 2.04. The average molecular weight is 287 g/mol. The molecule has 1 saturated heterocycles. The molecule has 0 saturated carbocycles. The quantitative estimate of drug-likeness (QED) is 0.845. The summed E-state index contributed by atoms with van der Waals surface area (Å²) < 4.78 is 5.70. The van der Waals surface area contributed by atoms with E-state index in [-0.39, 0.29) is 11.9 Å². The van der Waals surface area contributed by atoms with Crippen LogP contribution in [0.1, 0.15) is 19.4 Å². The van der Waals surface area contributed by atoms with E-state index in [0.717, 1.165) is 13.1 Å². The molecule has 0 unspecified atom stereocenters. The first kappa shape index (κ1) is 15.3. The van der Waals surface area contributed by atoms with Gasteiger partial charge in [0.1, 0.15) is 11.8 Å². The summed E-state index contributed by atoms with van der Waals surface area (Å²) in [5, 5.41) is 9.06. The molecule has 1 heterocycles. The zero-order chi connectivity index (χ0) is 15.4. The maximum atomic E-state index is 12.5. The highest BCUT2D eigenvalue weighted by molar-refractivity contribution is 5.81. The fraction of sp³-hybridized carbons (Fsp3) is 0.500. The molecule has 5 heteroatoms. The van der Waals surface area contributed by atoms with E-state index in [1.807, 2.05) is 11.8 Å². The van der Waals surface area contributed by atoms with E-state index in [4.69, 9.17) is 10.00 Å². The first-order chi connectivity index (χ1) is 10.0. The van der Waals surface area contributed by atoms with Gasteiger partial charge in [0.15, 0.2) is 6.10 Å². The van der Waals surface area contributed by atoms with E-state index in [0.29, 0.717) is 17.9 Å². The molecule has 2 rings (SSSR count). The molecule has 0 radical (unpaired) electrons. The summed E-state index contributed by atoms with van der Waals surface area (Å²) in [6.45, 7) is 6.24. The number of rotatable bonds is 3. The monoisotopic (exact) mass is 287 g/mol. The molecule has 1 aliphatic heterocycles. The highest BCUT2D eigenvalue weighted by atomic mass is 16.5. The van der Waals surface area contributed by atoms with Gasteiger partial charge in [-0.3, -0.25) is 4.79 Å². The van der Waals surface area contributed by atoms with Gasteiger partial charge in [0.05, 0.1) is 5.56 Å². The number of para-hydroxylation sites is 1. The molecule has 1 fully saturated rings. The molecule has 0 N–H and O–H groups in total. The lowest BCUT2D eigenvalue weighted by atomic mass is 10.1. The third kappa shape index (κ3) is 3.53. The smallest absolute Gasteiger partial charge is 0.263 e. The van der Waals surface area contributed by atoms with Crippen LogP contribution in [0.5, 0.6) is 5.75 Å². The number of nitriles is 1. The van der Waals surface area contributed by atoms with Crippen LogP contribution in [0.3, 0.4) is 0 Å². The number of carbonyl (C=O) groups is 1. The molecule has 0 aromatic heterocycles. The van der Waals surface area contributed by atoms with E-state index >= 15 is 0 Å². The largest absolute Gasteiger partial charge is 0.480 e. The molecule has 1 aromatic rings. The van der Waals surface area contributed by atoms with E-state index in [1.54, 1.807) is 31.2 Å². The van der Waals surface area contributed by atoms with Crippen LogP contribution in [0.25, 0.3) is 0 Å². The van der Waals surface area contributed by atoms with Gasteiger partial charge in [-0.1, -0.05) is 12.1 Å². The number of hydrogen-bond acceptors (Lipinski definition) is 4. The van der Waals surface area contributed by atoms with Gasteiger partial charge >= 0.3 is 0 Å². The van der Waals surface area contributed by atoms with E-state index in [2.05, 4.69) is 18.0 Å². The fourth-order valence-electron chi connectivity index (χ4n) is 2.60. The van der Waals surface area contributed by atoms with Crippen LogP contribution in [0, 0.1) is 11.3 Å². The normalized spacial score (nSPS) is 20.7. The Kier molecular flexibility index (Phi) is 4.81. The summed E-state index contributed by atoms with van der Waals surface area (Å²) in [5.74, 6) is 0.436. The minimum absolute atomic E-state index is 0.0247. The first-order valence-corrected chi connectivity index (χ1v) is 7.17. The van der Waals surface area contributed by atoms with Gasteiger partial charge in [0, 0.05) is 25.7 Å². The average Bonchev–Trinajstić information content (AvgIpc) is 2.47. The third-order valence-corrected chi connectivity index (χ3v) is 3.77. The highest BCUT2D eigenvalue weighted by Gasteiger charge is 2.30. The Hall–Kier alpha value is -2.06. The standard InChI is InChI=1S/C16H21N3O2/c1-12-11-18(3)8-9-19(12)16(20)13(2)21-15-7-5-4-6-14(15)10-17/h4-7,12-13H,8-9,11H2,1-3H3/t12-,13-/m0/s1. The first-order valence-electron chi connectivity index (χ1n) is 7.17. The minimum Gasteiger partial charge on any atom is -0.480 e. The second-order valence-electron chi connectivity index (χ2n) is 5.51. The Morgan fingerprint density at radius 2 is 2.14 bits per heavy atom. The number of piperazine rings is 1. The second kappa shape index (κ2) is 6.59. The SMILES string of the molecule is C[C@H](Oc1ccccc1C#N)C(=O)N1CCN(C)C[C@@H]1C. The van der Waals surface area contributed by atoms with Gasteiger partial charge in [-0.25, -0.2) is 0 Å². The number of benzene rings is 1. The van der Waals surface area contributed by atoms with E-state index in [1.165, 1.54) is 0 Å². The molecule has 0 bridgehead atoms. The molecule has 1 amide bonds. The number of amides is 1. The number of nitrogens with zero attached hydrogens (tertiary/aromatic N) is 3. The van der Waals surface area contributed by atoms with Crippen LogP contribution in [-0.4, -0.2) is 54.5 Å². The molecule has 5 nitrogen and oxygen atoms in total. The number of carbonyl (C=O) groups excluding carboxylic acids is 1. The molecule has 2 atom stereocenters. The number of likely N-dealkylation sites (N-methyl/N-ethyl adjacent to an activating group) is 1. The Morgan fingerprint density at radius 1 is 1.43 bits per heavy atom. The predicted octanol–water partition coefficient (Wildman–Crippen LogP) is 1.49.